The number of carbonyl (C=O) groups excluding carboxylic acids is 1. The number of rotatable bonds is 3. The van der Waals surface area contributed by atoms with Crippen molar-refractivity contribution in [3.05, 3.63) is 0 Å². The predicted octanol–water partition coefficient (Wildman–Crippen LogP) is 1.25. The van der Waals surface area contributed by atoms with E-state index in [-0.39, 0.29) is 11.2 Å². The largest absolute Gasteiger partial charge is 0.327 e. The van der Waals surface area contributed by atoms with Gasteiger partial charge < -0.3 is 5.73 Å². The predicted molar refractivity (Wildman–Crippen MR) is 46.0 cm³/mol. The van der Waals surface area contributed by atoms with E-state index in [0.29, 0.717) is 5.92 Å². The van der Waals surface area contributed by atoms with Gasteiger partial charge in [-0.05, 0) is 5.92 Å². The Kier molecular flexibility index (Phi) is 4.73. The van der Waals surface area contributed by atoms with E-state index in [1.165, 1.54) is 11.8 Å². The molecule has 0 aliphatic heterocycles. The van der Waals surface area contributed by atoms with Crippen molar-refractivity contribution in [2.75, 3.05) is 5.75 Å². The van der Waals surface area contributed by atoms with E-state index < -0.39 is 0 Å². The molecular formula is C7H15NOS. The summed E-state index contributed by atoms with van der Waals surface area (Å²) >= 11 is 1.30. The fourth-order valence-corrected chi connectivity index (χ4v) is 1.22. The number of hydrogen-bond donors (Lipinski definition) is 1. The Morgan fingerprint density at radius 1 is 1.60 bits per heavy atom. The van der Waals surface area contributed by atoms with Crippen LogP contribution in [0.3, 0.4) is 0 Å². The molecule has 0 bridgehead atoms. The zero-order valence-corrected chi connectivity index (χ0v) is 7.57. The van der Waals surface area contributed by atoms with Crippen molar-refractivity contribution in [2.24, 2.45) is 11.7 Å². The van der Waals surface area contributed by atoms with Crippen molar-refractivity contribution >= 4 is 16.9 Å². The maximum absolute atomic E-state index is 10.5. The van der Waals surface area contributed by atoms with Crippen LogP contribution in [0.15, 0.2) is 0 Å². The zero-order chi connectivity index (χ0) is 8.15. The van der Waals surface area contributed by atoms with Crippen LogP contribution in [0, 0.1) is 5.92 Å². The highest BCUT2D eigenvalue weighted by atomic mass is 32.2. The Bertz CT molecular complexity index is 114. The lowest BCUT2D eigenvalue weighted by molar-refractivity contribution is -0.109. The first-order valence-corrected chi connectivity index (χ1v) is 4.41. The molecular weight excluding hydrogens is 146 g/mol. The van der Waals surface area contributed by atoms with Crippen LogP contribution < -0.4 is 5.73 Å². The molecule has 2 nitrogen and oxygen atoms in total. The maximum atomic E-state index is 10.5. The normalized spacial score (nSPS) is 13.7. The van der Waals surface area contributed by atoms with E-state index in [1.807, 2.05) is 0 Å². The Morgan fingerprint density at radius 3 is 2.40 bits per heavy atom. The van der Waals surface area contributed by atoms with Crippen LogP contribution in [0.2, 0.25) is 0 Å². The summed E-state index contributed by atoms with van der Waals surface area (Å²) in [6.07, 6.45) is 0. The molecule has 0 aromatic rings. The second-order valence-electron chi connectivity index (χ2n) is 2.71. The number of thioether (sulfide) groups is 1. The van der Waals surface area contributed by atoms with Gasteiger partial charge in [0.25, 0.3) is 0 Å². The van der Waals surface area contributed by atoms with Gasteiger partial charge in [-0.2, -0.15) is 0 Å². The summed E-state index contributed by atoms with van der Waals surface area (Å²) < 4.78 is 0. The van der Waals surface area contributed by atoms with Gasteiger partial charge in [-0.15, -0.1) is 0 Å². The fourth-order valence-electron chi connectivity index (χ4n) is 0.406. The van der Waals surface area contributed by atoms with Crippen molar-refractivity contribution in [1.29, 1.82) is 0 Å². The van der Waals surface area contributed by atoms with Crippen molar-refractivity contribution in [3.63, 3.8) is 0 Å². The molecule has 0 rings (SSSR count). The van der Waals surface area contributed by atoms with Crippen LogP contribution in [0.1, 0.15) is 20.8 Å². The topological polar surface area (TPSA) is 43.1 Å². The second-order valence-corrected chi connectivity index (χ2v) is 3.91. The molecule has 0 saturated carbocycles. The standard InChI is InChI=1S/C7H15NOS/c1-5(2)7(8)4-10-6(3)9/h5,7H,4,8H2,1-3H3. The minimum Gasteiger partial charge on any atom is -0.327 e. The van der Waals surface area contributed by atoms with E-state index in [1.54, 1.807) is 6.92 Å². The Balaban J connectivity index is 3.39. The third-order valence-corrected chi connectivity index (χ3v) is 2.29. The molecule has 60 valence electrons. The highest BCUT2D eigenvalue weighted by Gasteiger charge is 2.07. The number of hydrogen-bond acceptors (Lipinski definition) is 3. The summed E-state index contributed by atoms with van der Waals surface area (Å²) in [4.78, 5) is 10.5. The number of carbonyl (C=O) groups is 1. The van der Waals surface area contributed by atoms with Crippen molar-refractivity contribution in [1.82, 2.24) is 0 Å². The summed E-state index contributed by atoms with van der Waals surface area (Å²) in [6, 6.07) is 0.147. The molecule has 0 radical (unpaired) electrons. The molecule has 0 spiro atoms. The molecule has 0 aromatic carbocycles. The molecule has 3 heteroatoms. The first-order chi connectivity index (χ1) is 4.54. The van der Waals surface area contributed by atoms with Crippen LogP contribution in [0.5, 0.6) is 0 Å². The van der Waals surface area contributed by atoms with Gasteiger partial charge in [-0.25, -0.2) is 0 Å². The van der Waals surface area contributed by atoms with Crippen LogP contribution in [-0.4, -0.2) is 16.9 Å². The Morgan fingerprint density at radius 2 is 2.10 bits per heavy atom. The summed E-state index contributed by atoms with van der Waals surface area (Å²) in [7, 11) is 0. The molecule has 0 aliphatic carbocycles. The minimum absolute atomic E-state index is 0.147. The molecule has 0 aromatic heterocycles. The molecule has 2 N–H and O–H groups in total. The molecule has 10 heavy (non-hydrogen) atoms. The summed E-state index contributed by atoms with van der Waals surface area (Å²) in [5, 5.41) is 0.149. The lowest BCUT2D eigenvalue weighted by atomic mass is 10.1. The first kappa shape index (κ1) is 9.98. The monoisotopic (exact) mass is 161 g/mol. The van der Waals surface area contributed by atoms with Crippen molar-refractivity contribution < 1.29 is 4.79 Å². The Labute approximate surface area is 66.6 Å². The molecule has 1 atom stereocenters. The highest BCUT2D eigenvalue weighted by molar-refractivity contribution is 8.13. The first-order valence-electron chi connectivity index (χ1n) is 3.43. The molecule has 0 fully saturated rings. The second kappa shape index (κ2) is 4.74. The average Bonchev–Trinajstić information content (AvgIpc) is 1.82. The number of nitrogens with two attached hydrogens (primary N) is 1. The lowest BCUT2D eigenvalue weighted by Crippen LogP contribution is -2.29. The van der Waals surface area contributed by atoms with Crippen LogP contribution >= 0.6 is 11.8 Å². The van der Waals surface area contributed by atoms with E-state index in [4.69, 9.17) is 5.73 Å². The Hall–Kier alpha value is -0.0200. The van der Waals surface area contributed by atoms with Crippen molar-refractivity contribution in [2.45, 2.75) is 26.8 Å². The zero-order valence-electron chi connectivity index (χ0n) is 6.76. The van der Waals surface area contributed by atoms with Crippen LogP contribution in [0.25, 0.3) is 0 Å². The van der Waals surface area contributed by atoms with Gasteiger partial charge in [0.05, 0.1) is 0 Å². The maximum Gasteiger partial charge on any atom is 0.185 e. The van der Waals surface area contributed by atoms with Gasteiger partial charge in [-0.3, -0.25) is 4.79 Å². The summed E-state index contributed by atoms with van der Waals surface area (Å²) in [5.41, 5.74) is 5.69. The van der Waals surface area contributed by atoms with Crippen molar-refractivity contribution in [3.8, 4) is 0 Å². The lowest BCUT2D eigenvalue weighted by Gasteiger charge is -2.13. The highest BCUT2D eigenvalue weighted by Crippen LogP contribution is 2.07. The average molecular weight is 161 g/mol. The van der Waals surface area contributed by atoms with Gasteiger partial charge in [0.1, 0.15) is 0 Å². The molecule has 0 amide bonds. The van der Waals surface area contributed by atoms with E-state index in [9.17, 15) is 4.79 Å². The smallest absolute Gasteiger partial charge is 0.185 e. The molecule has 0 saturated heterocycles. The summed E-state index contributed by atoms with van der Waals surface area (Å²) in [6.45, 7) is 5.69. The van der Waals surface area contributed by atoms with Crippen LogP contribution in [-0.2, 0) is 4.79 Å². The SMILES string of the molecule is CC(=O)SCC(N)C(C)C. The van der Waals surface area contributed by atoms with E-state index in [2.05, 4.69) is 13.8 Å². The van der Waals surface area contributed by atoms with Gasteiger partial charge in [0, 0.05) is 18.7 Å². The van der Waals surface area contributed by atoms with E-state index >= 15 is 0 Å². The molecule has 0 aliphatic rings. The molecule has 0 heterocycles. The van der Waals surface area contributed by atoms with Crippen LogP contribution in [0.4, 0.5) is 0 Å². The fraction of sp³-hybridized carbons (Fsp3) is 0.857. The summed E-state index contributed by atoms with van der Waals surface area (Å²) in [5.74, 6) is 1.21. The molecule has 1 unspecified atom stereocenters. The quantitative estimate of drug-likeness (QED) is 0.677. The van der Waals surface area contributed by atoms with Gasteiger partial charge in [-0.1, -0.05) is 25.6 Å². The van der Waals surface area contributed by atoms with Gasteiger partial charge >= 0.3 is 0 Å². The third kappa shape index (κ3) is 4.82. The van der Waals surface area contributed by atoms with Gasteiger partial charge in [0.15, 0.2) is 5.12 Å². The van der Waals surface area contributed by atoms with Gasteiger partial charge in [0.2, 0.25) is 0 Å². The third-order valence-electron chi connectivity index (χ3n) is 1.34. The van der Waals surface area contributed by atoms with E-state index in [0.717, 1.165) is 5.75 Å². The minimum atomic E-state index is 0.147.